The molecule has 0 radical (unpaired) electrons. The van der Waals surface area contributed by atoms with Gasteiger partial charge in [0.15, 0.2) is 0 Å². The third-order valence-electron chi connectivity index (χ3n) is 3.38. The summed E-state index contributed by atoms with van der Waals surface area (Å²) in [4.78, 5) is 32.5. The van der Waals surface area contributed by atoms with Gasteiger partial charge < -0.3 is 10.6 Å². The maximum Gasteiger partial charge on any atom is 0.270 e. The number of hydrogen-bond acceptors (Lipinski definition) is 4. The first-order valence-electron chi connectivity index (χ1n) is 7.99. The van der Waals surface area contributed by atoms with Crippen LogP contribution in [0, 0.1) is 5.92 Å². The zero-order chi connectivity index (χ0) is 17.4. The summed E-state index contributed by atoms with van der Waals surface area (Å²) < 4.78 is 0. The van der Waals surface area contributed by atoms with E-state index in [-0.39, 0.29) is 23.2 Å². The molecule has 6 nitrogen and oxygen atoms in total. The zero-order valence-electron chi connectivity index (χ0n) is 14.0. The van der Waals surface area contributed by atoms with Gasteiger partial charge in [0.2, 0.25) is 0 Å². The van der Waals surface area contributed by atoms with Crippen molar-refractivity contribution in [2.75, 3.05) is 6.54 Å². The first-order valence-corrected chi connectivity index (χ1v) is 7.99. The Morgan fingerprint density at radius 2 is 1.71 bits per heavy atom. The van der Waals surface area contributed by atoms with Crippen LogP contribution >= 0.6 is 0 Å². The SMILES string of the molecule is CC(C)CCNC(=O)c1cccc(C(=O)NCc2ccccn2)n1. The molecule has 24 heavy (non-hydrogen) atoms. The first kappa shape index (κ1) is 17.6. The maximum absolute atomic E-state index is 12.2. The number of rotatable bonds is 7. The van der Waals surface area contributed by atoms with Crippen molar-refractivity contribution in [1.29, 1.82) is 0 Å². The van der Waals surface area contributed by atoms with E-state index in [1.165, 1.54) is 0 Å². The van der Waals surface area contributed by atoms with Crippen molar-refractivity contribution in [1.82, 2.24) is 20.6 Å². The highest BCUT2D eigenvalue weighted by Crippen LogP contribution is 2.02. The normalized spacial score (nSPS) is 10.5. The minimum Gasteiger partial charge on any atom is -0.351 e. The van der Waals surface area contributed by atoms with Crippen molar-refractivity contribution in [2.24, 2.45) is 5.92 Å². The van der Waals surface area contributed by atoms with Crippen molar-refractivity contribution >= 4 is 11.8 Å². The molecule has 0 saturated carbocycles. The van der Waals surface area contributed by atoms with Crippen molar-refractivity contribution < 1.29 is 9.59 Å². The molecule has 2 aromatic rings. The number of nitrogens with zero attached hydrogens (tertiary/aromatic N) is 2. The molecule has 0 bridgehead atoms. The van der Waals surface area contributed by atoms with E-state index in [4.69, 9.17) is 0 Å². The monoisotopic (exact) mass is 326 g/mol. The van der Waals surface area contributed by atoms with Crippen LogP contribution in [0.25, 0.3) is 0 Å². The number of carbonyl (C=O) groups is 2. The van der Waals surface area contributed by atoms with Gasteiger partial charge in [-0.3, -0.25) is 14.6 Å². The second kappa shape index (κ2) is 8.76. The Labute approximate surface area is 141 Å². The minimum atomic E-state index is -0.336. The summed E-state index contributed by atoms with van der Waals surface area (Å²) >= 11 is 0. The fourth-order valence-corrected chi connectivity index (χ4v) is 2.02. The van der Waals surface area contributed by atoms with Crippen LogP contribution < -0.4 is 10.6 Å². The average Bonchev–Trinajstić information content (AvgIpc) is 2.60. The molecule has 0 aliphatic rings. The smallest absolute Gasteiger partial charge is 0.270 e. The maximum atomic E-state index is 12.2. The highest BCUT2D eigenvalue weighted by atomic mass is 16.2. The van der Waals surface area contributed by atoms with Crippen LogP contribution in [0.5, 0.6) is 0 Å². The predicted molar refractivity (Wildman–Crippen MR) is 91.4 cm³/mol. The Bertz CT molecular complexity index is 686. The second-order valence-electron chi connectivity index (χ2n) is 5.85. The fourth-order valence-electron chi connectivity index (χ4n) is 2.02. The fraction of sp³-hybridized carbons (Fsp3) is 0.333. The molecule has 0 unspecified atom stereocenters. The Balaban J connectivity index is 1.93. The number of pyridine rings is 2. The van der Waals surface area contributed by atoms with Gasteiger partial charge in [0.1, 0.15) is 11.4 Å². The summed E-state index contributed by atoms with van der Waals surface area (Å²) in [5, 5.41) is 5.55. The molecule has 2 N–H and O–H groups in total. The van der Waals surface area contributed by atoms with E-state index in [9.17, 15) is 9.59 Å². The summed E-state index contributed by atoms with van der Waals surface area (Å²) in [6, 6.07) is 10.3. The highest BCUT2D eigenvalue weighted by Gasteiger charge is 2.12. The molecular weight excluding hydrogens is 304 g/mol. The molecule has 6 heteroatoms. The summed E-state index contributed by atoms with van der Waals surface area (Å²) in [5.41, 5.74) is 1.21. The number of nitrogens with one attached hydrogen (secondary N) is 2. The van der Waals surface area contributed by atoms with Crippen LogP contribution in [0.15, 0.2) is 42.6 Å². The first-order chi connectivity index (χ1) is 11.6. The van der Waals surface area contributed by atoms with Gasteiger partial charge >= 0.3 is 0 Å². The lowest BCUT2D eigenvalue weighted by molar-refractivity contribution is 0.0942. The summed E-state index contributed by atoms with van der Waals surface area (Å²) in [5.74, 6) is -0.0884. The molecule has 2 rings (SSSR count). The number of carbonyl (C=O) groups excluding carboxylic acids is 2. The molecule has 0 saturated heterocycles. The van der Waals surface area contributed by atoms with Crippen molar-refractivity contribution in [3.05, 3.63) is 59.7 Å². The van der Waals surface area contributed by atoms with Gasteiger partial charge in [-0.05, 0) is 36.6 Å². The Hall–Kier alpha value is -2.76. The third kappa shape index (κ3) is 5.46. The Kier molecular flexibility index (Phi) is 6.42. The molecule has 0 fully saturated rings. The summed E-state index contributed by atoms with van der Waals surface area (Å²) in [7, 11) is 0. The van der Waals surface area contributed by atoms with E-state index in [0.717, 1.165) is 12.1 Å². The topological polar surface area (TPSA) is 84.0 Å². The number of amides is 2. The molecule has 0 spiro atoms. The lowest BCUT2D eigenvalue weighted by Crippen LogP contribution is -2.28. The van der Waals surface area contributed by atoms with E-state index >= 15 is 0 Å². The summed E-state index contributed by atoms with van der Waals surface area (Å²) in [6.45, 7) is 5.09. The number of aromatic nitrogens is 2. The van der Waals surface area contributed by atoms with Crippen LogP contribution in [-0.4, -0.2) is 28.3 Å². The van der Waals surface area contributed by atoms with Gasteiger partial charge in [0.25, 0.3) is 11.8 Å². The van der Waals surface area contributed by atoms with Gasteiger partial charge in [-0.15, -0.1) is 0 Å². The van der Waals surface area contributed by atoms with Gasteiger partial charge in [0.05, 0.1) is 12.2 Å². The minimum absolute atomic E-state index is 0.211. The predicted octanol–water partition coefficient (Wildman–Crippen LogP) is 2.18. The van der Waals surface area contributed by atoms with E-state index in [1.807, 2.05) is 18.2 Å². The van der Waals surface area contributed by atoms with Gasteiger partial charge in [-0.1, -0.05) is 26.0 Å². The molecule has 2 amide bonds. The molecule has 0 atom stereocenters. The van der Waals surface area contributed by atoms with Gasteiger partial charge in [0, 0.05) is 12.7 Å². The average molecular weight is 326 g/mol. The zero-order valence-corrected chi connectivity index (χ0v) is 14.0. The summed E-state index contributed by atoms with van der Waals surface area (Å²) in [6.07, 6.45) is 2.57. The van der Waals surface area contributed by atoms with E-state index in [2.05, 4.69) is 34.4 Å². The third-order valence-corrected chi connectivity index (χ3v) is 3.38. The molecule has 2 heterocycles. The molecule has 0 aliphatic heterocycles. The van der Waals surface area contributed by atoms with Crippen LogP contribution in [0.4, 0.5) is 0 Å². The standard InChI is InChI=1S/C18H22N4O2/c1-13(2)9-11-20-17(23)15-7-5-8-16(22-15)18(24)21-12-14-6-3-4-10-19-14/h3-8,10,13H,9,11-12H2,1-2H3,(H,20,23)(H,21,24). The Morgan fingerprint density at radius 3 is 2.33 bits per heavy atom. The quantitative estimate of drug-likeness (QED) is 0.817. The molecular formula is C18H22N4O2. The van der Waals surface area contributed by atoms with Crippen molar-refractivity contribution in [2.45, 2.75) is 26.8 Å². The van der Waals surface area contributed by atoms with Crippen LogP contribution in [-0.2, 0) is 6.54 Å². The molecule has 126 valence electrons. The van der Waals surface area contributed by atoms with Crippen LogP contribution in [0.1, 0.15) is 46.9 Å². The van der Waals surface area contributed by atoms with Crippen LogP contribution in [0.2, 0.25) is 0 Å². The van der Waals surface area contributed by atoms with E-state index in [0.29, 0.717) is 19.0 Å². The molecule has 0 aliphatic carbocycles. The van der Waals surface area contributed by atoms with Crippen molar-refractivity contribution in [3.8, 4) is 0 Å². The van der Waals surface area contributed by atoms with Gasteiger partial charge in [-0.2, -0.15) is 0 Å². The lowest BCUT2D eigenvalue weighted by Gasteiger charge is -2.08. The van der Waals surface area contributed by atoms with Crippen molar-refractivity contribution in [3.63, 3.8) is 0 Å². The van der Waals surface area contributed by atoms with Gasteiger partial charge in [-0.25, -0.2) is 4.98 Å². The Morgan fingerprint density at radius 1 is 1.00 bits per heavy atom. The van der Waals surface area contributed by atoms with E-state index < -0.39 is 0 Å². The van der Waals surface area contributed by atoms with E-state index in [1.54, 1.807) is 24.4 Å². The lowest BCUT2D eigenvalue weighted by atomic mass is 10.1. The van der Waals surface area contributed by atoms with Crippen LogP contribution in [0.3, 0.4) is 0 Å². The highest BCUT2D eigenvalue weighted by molar-refractivity contribution is 5.96. The molecule has 0 aromatic carbocycles. The second-order valence-corrected chi connectivity index (χ2v) is 5.85. The largest absolute Gasteiger partial charge is 0.351 e. The molecule has 2 aromatic heterocycles. The number of hydrogen-bond donors (Lipinski definition) is 2.